The van der Waals surface area contributed by atoms with E-state index in [2.05, 4.69) is 44.1 Å². The minimum absolute atomic E-state index is 0.0989. The average Bonchev–Trinajstić information content (AvgIpc) is 3.13. The van der Waals surface area contributed by atoms with E-state index in [0.717, 1.165) is 69.1 Å². The molecule has 1 atom stereocenters. The second-order valence-electron chi connectivity index (χ2n) is 13.3. The molecule has 5 rings (SSSR count). The number of amides is 1. The third-order valence-corrected chi connectivity index (χ3v) is 11.6. The number of para-hydroxylation sites is 1. The van der Waals surface area contributed by atoms with Crippen LogP contribution in [0.4, 0.5) is 17.1 Å². The largest absolute Gasteiger partial charge is 0.376 e. The number of nitro benzene ring substituents is 1. The van der Waals surface area contributed by atoms with Gasteiger partial charge in [0.25, 0.3) is 21.6 Å². The highest BCUT2D eigenvalue weighted by atomic mass is 32.2. The van der Waals surface area contributed by atoms with Crippen LogP contribution >= 0.6 is 11.8 Å². The van der Waals surface area contributed by atoms with Crippen LogP contribution in [0.3, 0.4) is 0 Å². The number of nitrogens with zero attached hydrogens (tertiary/aromatic N) is 3. The molecule has 270 valence electrons. The van der Waals surface area contributed by atoms with Crippen molar-refractivity contribution >= 4 is 44.8 Å². The summed E-state index contributed by atoms with van der Waals surface area (Å²) >= 11 is 1.66. The Hall–Kier alpha value is -4.39. The SMILES string of the molecule is CN(C)CCCC[C@H](CSc1ccccc1)Nc1ccc(S(=O)(=O)NC(=O)c2ccccc2N2CCC(Cc3ccccc3)CC2)cc1[N+](=O)[O-]. The summed E-state index contributed by atoms with van der Waals surface area (Å²) in [6, 6.07) is 31.0. The summed E-state index contributed by atoms with van der Waals surface area (Å²) in [5.41, 5.74) is 2.08. The van der Waals surface area contributed by atoms with Gasteiger partial charge in [-0.05, 0) is 101 Å². The maximum Gasteiger partial charge on any atom is 0.293 e. The standard InChI is InChI=1S/C39H47N5O5S2/c1-42(2)24-12-11-15-32(29-50-33-16-7-4-8-17-33)40-36-21-20-34(28-38(36)44(46)47)51(48,49)41-39(45)35-18-9-10-19-37(35)43-25-22-31(23-26-43)27-30-13-5-3-6-14-30/h3-10,13-14,16-21,28,31-32,40H,11-12,15,22-27,29H2,1-2H3,(H,41,45)/t32-/m1/s1. The highest BCUT2D eigenvalue weighted by Gasteiger charge is 2.28. The second-order valence-corrected chi connectivity index (χ2v) is 16.0. The fourth-order valence-corrected chi connectivity index (χ4v) is 8.38. The molecule has 0 radical (unpaired) electrons. The lowest BCUT2D eigenvalue weighted by atomic mass is 9.90. The van der Waals surface area contributed by atoms with E-state index in [1.165, 1.54) is 17.7 Å². The fourth-order valence-electron chi connectivity index (χ4n) is 6.40. The van der Waals surface area contributed by atoms with Crippen molar-refractivity contribution in [3.05, 3.63) is 124 Å². The van der Waals surface area contributed by atoms with Crippen molar-refractivity contribution in [1.29, 1.82) is 0 Å². The van der Waals surface area contributed by atoms with Crippen LogP contribution in [0, 0.1) is 16.0 Å². The van der Waals surface area contributed by atoms with Crippen LogP contribution in [0.5, 0.6) is 0 Å². The number of hydrogen-bond acceptors (Lipinski definition) is 9. The molecule has 0 bridgehead atoms. The van der Waals surface area contributed by atoms with Crippen molar-refractivity contribution in [1.82, 2.24) is 9.62 Å². The van der Waals surface area contributed by atoms with Crippen LogP contribution < -0.4 is 14.9 Å². The van der Waals surface area contributed by atoms with Crippen LogP contribution in [0.1, 0.15) is 48.0 Å². The van der Waals surface area contributed by atoms with Crippen LogP contribution in [0.25, 0.3) is 0 Å². The molecular weight excluding hydrogens is 683 g/mol. The first-order chi connectivity index (χ1) is 24.6. The van der Waals surface area contributed by atoms with E-state index in [1.54, 1.807) is 23.9 Å². The molecule has 0 spiro atoms. The Labute approximate surface area is 305 Å². The van der Waals surface area contributed by atoms with Gasteiger partial charge in [-0.2, -0.15) is 0 Å². The number of anilines is 2. The van der Waals surface area contributed by atoms with E-state index in [1.807, 2.05) is 62.6 Å². The number of sulfonamides is 1. The Morgan fingerprint density at radius 3 is 2.29 bits per heavy atom. The molecule has 10 nitrogen and oxygen atoms in total. The Morgan fingerprint density at radius 2 is 1.61 bits per heavy atom. The highest BCUT2D eigenvalue weighted by molar-refractivity contribution is 7.99. The molecule has 0 saturated carbocycles. The molecule has 12 heteroatoms. The Bertz CT molecular complexity index is 1850. The molecule has 1 saturated heterocycles. The molecule has 0 aromatic heterocycles. The summed E-state index contributed by atoms with van der Waals surface area (Å²) in [5, 5.41) is 15.6. The van der Waals surface area contributed by atoms with Gasteiger partial charge in [-0.15, -0.1) is 11.8 Å². The minimum Gasteiger partial charge on any atom is -0.376 e. The molecule has 1 aliphatic heterocycles. The molecule has 1 fully saturated rings. The Balaban J connectivity index is 1.27. The number of rotatable bonds is 17. The summed E-state index contributed by atoms with van der Waals surface area (Å²) in [7, 11) is -0.379. The van der Waals surface area contributed by atoms with Gasteiger partial charge >= 0.3 is 0 Å². The summed E-state index contributed by atoms with van der Waals surface area (Å²) in [4.78, 5) is 30.2. The number of nitrogens with one attached hydrogen (secondary N) is 2. The zero-order chi connectivity index (χ0) is 36.2. The number of thioether (sulfide) groups is 1. The quantitative estimate of drug-likeness (QED) is 0.0493. The highest BCUT2D eigenvalue weighted by Crippen LogP contribution is 2.32. The average molecular weight is 730 g/mol. The van der Waals surface area contributed by atoms with E-state index in [9.17, 15) is 23.3 Å². The van der Waals surface area contributed by atoms with E-state index in [4.69, 9.17) is 0 Å². The number of unbranched alkanes of at least 4 members (excludes halogenated alkanes) is 1. The summed E-state index contributed by atoms with van der Waals surface area (Å²) in [6.45, 7) is 2.43. The van der Waals surface area contributed by atoms with Crippen LogP contribution in [0.2, 0.25) is 0 Å². The van der Waals surface area contributed by atoms with Crippen LogP contribution in [0.15, 0.2) is 113 Å². The van der Waals surface area contributed by atoms with Crippen molar-refractivity contribution in [3.8, 4) is 0 Å². The zero-order valence-electron chi connectivity index (χ0n) is 29.2. The topological polar surface area (TPSA) is 125 Å². The fraction of sp³-hybridized carbons (Fsp3) is 0.359. The normalized spacial score (nSPS) is 14.3. The number of benzene rings is 4. The van der Waals surface area contributed by atoms with Gasteiger partial charge in [0.2, 0.25) is 0 Å². The molecular formula is C39H47N5O5S2. The lowest BCUT2D eigenvalue weighted by Gasteiger charge is -2.34. The number of piperidine rings is 1. The van der Waals surface area contributed by atoms with Crippen molar-refractivity contribution in [2.24, 2.45) is 5.92 Å². The van der Waals surface area contributed by atoms with E-state index in [0.29, 0.717) is 17.4 Å². The first-order valence-electron chi connectivity index (χ1n) is 17.4. The summed E-state index contributed by atoms with van der Waals surface area (Å²) in [6.07, 6.45) is 5.59. The maximum atomic E-state index is 13.5. The molecule has 0 aliphatic carbocycles. The maximum absolute atomic E-state index is 13.5. The smallest absolute Gasteiger partial charge is 0.293 e. The van der Waals surface area contributed by atoms with Gasteiger partial charge in [0, 0.05) is 41.5 Å². The second kappa shape index (κ2) is 18.2. The van der Waals surface area contributed by atoms with E-state index >= 15 is 0 Å². The van der Waals surface area contributed by atoms with Crippen molar-refractivity contribution in [2.45, 2.75) is 54.4 Å². The van der Waals surface area contributed by atoms with E-state index in [-0.39, 0.29) is 27.9 Å². The van der Waals surface area contributed by atoms with Gasteiger partial charge in [-0.3, -0.25) is 14.9 Å². The molecule has 51 heavy (non-hydrogen) atoms. The number of carbonyl (C=O) groups excluding carboxylic acids is 1. The van der Waals surface area contributed by atoms with Crippen molar-refractivity contribution in [3.63, 3.8) is 0 Å². The van der Waals surface area contributed by atoms with Crippen molar-refractivity contribution in [2.75, 3.05) is 49.7 Å². The monoisotopic (exact) mass is 729 g/mol. The third kappa shape index (κ3) is 11.0. The first-order valence-corrected chi connectivity index (χ1v) is 19.9. The lowest BCUT2D eigenvalue weighted by Crippen LogP contribution is -2.37. The number of hydrogen-bond donors (Lipinski definition) is 2. The first kappa shape index (κ1) is 37.9. The van der Waals surface area contributed by atoms with Gasteiger partial charge in [-0.25, -0.2) is 13.1 Å². The molecule has 1 aliphatic rings. The molecule has 1 amide bonds. The van der Waals surface area contributed by atoms with E-state index < -0.39 is 20.9 Å². The lowest BCUT2D eigenvalue weighted by molar-refractivity contribution is -0.384. The Kier molecular flexibility index (Phi) is 13.5. The molecule has 2 N–H and O–H groups in total. The van der Waals surface area contributed by atoms with Crippen LogP contribution in [-0.4, -0.2) is 69.7 Å². The number of carbonyl (C=O) groups is 1. The van der Waals surface area contributed by atoms with Crippen LogP contribution in [-0.2, 0) is 16.4 Å². The molecule has 1 heterocycles. The zero-order valence-corrected chi connectivity index (χ0v) is 30.9. The van der Waals surface area contributed by atoms with Gasteiger partial charge in [0.15, 0.2) is 0 Å². The third-order valence-electron chi connectivity index (χ3n) is 9.14. The summed E-state index contributed by atoms with van der Waals surface area (Å²) < 4.78 is 29.2. The van der Waals surface area contributed by atoms with Gasteiger partial charge < -0.3 is 15.1 Å². The Morgan fingerprint density at radius 1 is 0.941 bits per heavy atom. The van der Waals surface area contributed by atoms with Gasteiger partial charge in [0.05, 0.1) is 15.4 Å². The van der Waals surface area contributed by atoms with Gasteiger partial charge in [0.1, 0.15) is 5.69 Å². The summed E-state index contributed by atoms with van der Waals surface area (Å²) in [5.74, 6) is 0.417. The number of nitro groups is 1. The minimum atomic E-state index is -4.43. The van der Waals surface area contributed by atoms with Crippen molar-refractivity contribution < 1.29 is 18.1 Å². The van der Waals surface area contributed by atoms with Gasteiger partial charge in [-0.1, -0.05) is 67.1 Å². The molecule has 0 unspecified atom stereocenters. The molecule has 4 aromatic rings. The predicted octanol–water partition coefficient (Wildman–Crippen LogP) is 7.48. The molecule has 4 aromatic carbocycles. The predicted molar refractivity (Wildman–Crippen MR) is 206 cm³/mol.